The van der Waals surface area contributed by atoms with Gasteiger partial charge in [-0.05, 0) is 61.2 Å². The topological polar surface area (TPSA) is 96.5 Å². The fourth-order valence-corrected chi connectivity index (χ4v) is 5.13. The smallest absolute Gasteiger partial charge is 0.262 e. The van der Waals surface area contributed by atoms with Crippen molar-refractivity contribution in [1.29, 1.82) is 0 Å². The second-order valence-electron chi connectivity index (χ2n) is 8.78. The van der Waals surface area contributed by atoms with E-state index in [0.29, 0.717) is 35.3 Å². The third-order valence-electron chi connectivity index (χ3n) is 5.74. The van der Waals surface area contributed by atoms with Gasteiger partial charge in [-0.1, -0.05) is 26.0 Å². The van der Waals surface area contributed by atoms with Crippen LogP contribution in [0, 0.1) is 13.8 Å². The Bertz CT molecular complexity index is 1250. The van der Waals surface area contributed by atoms with Crippen LogP contribution in [0.4, 0.5) is 23.1 Å². The number of anilines is 4. The Morgan fingerprint density at radius 3 is 2.29 bits per heavy atom. The van der Waals surface area contributed by atoms with Gasteiger partial charge in [0, 0.05) is 36.2 Å². The van der Waals surface area contributed by atoms with Crippen LogP contribution < -0.4 is 14.9 Å². The highest BCUT2D eigenvalue weighted by atomic mass is 32.2. The molecular weight excluding hydrogens is 450 g/mol. The minimum absolute atomic E-state index is 0.243. The Morgan fingerprint density at radius 1 is 0.941 bits per heavy atom. The quantitative estimate of drug-likeness (QED) is 0.509. The summed E-state index contributed by atoms with van der Waals surface area (Å²) < 4.78 is 34.2. The zero-order chi connectivity index (χ0) is 24.3. The molecule has 34 heavy (non-hydrogen) atoms. The van der Waals surface area contributed by atoms with Gasteiger partial charge in [-0.25, -0.2) is 13.4 Å². The largest absolute Gasteiger partial charge is 0.378 e. The van der Waals surface area contributed by atoms with Crippen LogP contribution in [0.1, 0.15) is 36.6 Å². The fraction of sp³-hybridized carbons (Fsp3) is 0.360. The molecule has 2 heterocycles. The predicted octanol–water partition coefficient (Wildman–Crippen LogP) is 4.60. The highest BCUT2D eigenvalue weighted by Gasteiger charge is 2.19. The predicted molar refractivity (Wildman–Crippen MR) is 136 cm³/mol. The van der Waals surface area contributed by atoms with Crippen LogP contribution in [0.5, 0.6) is 0 Å². The average Bonchev–Trinajstić information content (AvgIpc) is 2.80. The molecule has 8 nitrogen and oxygen atoms in total. The number of nitrogens with one attached hydrogen (secondary N) is 2. The number of rotatable bonds is 7. The van der Waals surface area contributed by atoms with E-state index in [9.17, 15) is 8.42 Å². The van der Waals surface area contributed by atoms with Crippen molar-refractivity contribution in [3.63, 3.8) is 0 Å². The molecule has 3 aromatic rings. The molecular formula is C25H31N5O3S. The normalized spacial score (nSPS) is 14.3. The maximum absolute atomic E-state index is 13.0. The van der Waals surface area contributed by atoms with Crippen LogP contribution >= 0.6 is 0 Å². The van der Waals surface area contributed by atoms with Crippen LogP contribution in [0.15, 0.2) is 53.4 Å². The summed E-state index contributed by atoms with van der Waals surface area (Å²) in [5.41, 5.74) is 3.81. The highest BCUT2D eigenvalue weighted by Crippen LogP contribution is 2.26. The van der Waals surface area contributed by atoms with Gasteiger partial charge in [0.25, 0.3) is 10.0 Å². The second kappa shape index (κ2) is 9.99. The lowest BCUT2D eigenvalue weighted by molar-refractivity contribution is 0.122. The summed E-state index contributed by atoms with van der Waals surface area (Å²) >= 11 is 0. The average molecular weight is 482 g/mol. The van der Waals surface area contributed by atoms with Crippen molar-refractivity contribution in [3.8, 4) is 0 Å². The summed E-state index contributed by atoms with van der Waals surface area (Å²) in [4.78, 5) is 11.6. The van der Waals surface area contributed by atoms with E-state index < -0.39 is 10.0 Å². The van der Waals surface area contributed by atoms with Gasteiger partial charge in [0.15, 0.2) is 0 Å². The Balaban J connectivity index is 1.49. The van der Waals surface area contributed by atoms with Crippen LogP contribution in [0.2, 0.25) is 0 Å². The van der Waals surface area contributed by atoms with E-state index in [4.69, 9.17) is 4.74 Å². The molecule has 1 aliphatic heterocycles. The van der Waals surface area contributed by atoms with Crippen molar-refractivity contribution in [2.45, 2.75) is 38.5 Å². The van der Waals surface area contributed by atoms with Gasteiger partial charge in [0.05, 0.1) is 18.1 Å². The van der Waals surface area contributed by atoms with Crippen molar-refractivity contribution < 1.29 is 13.2 Å². The second-order valence-corrected chi connectivity index (χ2v) is 10.4. The maximum atomic E-state index is 13.0. The van der Waals surface area contributed by atoms with E-state index in [1.807, 2.05) is 39.0 Å². The zero-order valence-corrected chi connectivity index (χ0v) is 20.8. The first-order valence-corrected chi connectivity index (χ1v) is 12.9. The number of ether oxygens (including phenoxy) is 1. The van der Waals surface area contributed by atoms with Crippen LogP contribution in [0.25, 0.3) is 0 Å². The number of hydrogen-bond donors (Lipinski definition) is 2. The van der Waals surface area contributed by atoms with E-state index in [1.165, 1.54) is 0 Å². The number of hydrogen-bond acceptors (Lipinski definition) is 7. The Labute approximate surface area is 201 Å². The maximum Gasteiger partial charge on any atom is 0.262 e. The van der Waals surface area contributed by atoms with E-state index in [2.05, 4.69) is 24.9 Å². The first-order chi connectivity index (χ1) is 16.2. The minimum Gasteiger partial charge on any atom is -0.378 e. The zero-order valence-electron chi connectivity index (χ0n) is 20.0. The van der Waals surface area contributed by atoms with Crippen molar-refractivity contribution >= 4 is 33.2 Å². The van der Waals surface area contributed by atoms with Gasteiger partial charge < -0.3 is 15.0 Å². The summed E-state index contributed by atoms with van der Waals surface area (Å²) in [5, 5.41) is 3.22. The minimum atomic E-state index is -3.71. The summed E-state index contributed by atoms with van der Waals surface area (Å²) in [7, 11) is -3.71. The lowest BCUT2D eigenvalue weighted by Gasteiger charge is -2.28. The number of morpholine rings is 1. The van der Waals surface area contributed by atoms with E-state index in [0.717, 1.165) is 35.9 Å². The molecule has 1 fully saturated rings. The molecule has 0 amide bonds. The van der Waals surface area contributed by atoms with Crippen molar-refractivity contribution in [2.24, 2.45) is 0 Å². The molecule has 0 saturated carbocycles. The highest BCUT2D eigenvalue weighted by molar-refractivity contribution is 7.92. The fourth-order valence-electron chi connectivity index (χ4n) is 3.79. The molecule has 0 unspecified atom stereocenters. The first-order valence-electron chi connectivity index (χ1n) is 11.4. The number of sulfonamides is 1. The Kier molecular flexibility index (Phi) is 7.04. The number of aryl methyl sites for hydroxylation is 2. The lowest BCUT2D eigenvalue weighted by atomic mass is 10.0. The molecule has 0 radical (unpaired) electrons. The molecule has 0 atom stereocenters. The molecule has 0 aliphatic carbocycles. The molecule has 1 aromatic heterocycles. The molecule has 2 aromatic carbocycles. The van der Waals surface area contributed by atoms with E-state index >= 15 is 0 Å². The van der Waals surface area contributed by atoms with Gasteiger partial charge in [-0.3, -0.25) is 4.72 Å². The first kappa shape index (κ1) is 24.0. The summed E-state index contributed by atoms with van der Waals surface area (Å²) in [5.74, 6) is 1.60. The van der Waals surface area contributed by atoms with Gasteiger partial charge in [-0.2, -0.15) is 4.98 Å². The monoisotopic (exact) mass is 481 g/mol. The third kappa shape index (κ3) is 5.66. The SMILES string of the molecule is Cc1cc(N2CCOCC2)nc(Nc2ccc(NS(=O)(=O)c3cc(C(C)C)ccc3C)cc2)n1. The van der Waals surface area contributed by atoms with Crippen molar-refractivity contribution in [3.05, 3.63) is 65.4 Å². The molecule has 9 heteroatoms. The summed E-state index contributed by atoms with van der Waals surface area (Å²) in [6.07, 6.45) is 0. The molecule has 1 saturated heterocycles. The molecule has 1 aliphatic rings. The van der Waals surface area contributed by atoms with E-state index in [-0.39, 0.29) is 5.92 Å². The third-order valence-corrected chi connectivity index (χ3v) is 7.26. The number of benzene rings is 2. The van der Waals surface area contributed by atoms with Gasteiger partial charge >= 0.3 is 0 Å². The van der Waals surface area contributed by atoms with Gasteiger partial charge in [0.2, 0.25) is 5.95 Å². The van der Waals surface area contributed by atoms with Crippen molar-refractivity contribution in [1.82, 2.24) is 9.97 Å². The van der Waals surface area contributed by atoms with Crippen molar-refractivity contribution in [2.75, 3.05) is 41.2 Å². The van der Waals surface area contributed by atoms with Crippen LogP contribution in [0.3, 0.4) is 0 Å². The number of nitrogens with zero attached hydrogens (tertiary/aromatic N) is 3. The van der Waals surface area contributed by atoms with Crippen LogP contribution in [-0.4, -0.2) is 44.7 Å². The molecule has 0 spiro atoms. The lowest BCUT2D eigenvalue weighted by Crippen LogP contribution is -2.36. The van der Waals surface area contributed by atoms with Gasteiger partial charge in [-0.15, -0.1) is 0 Å². The standard InChI is InChI=1S/C25H31N5O3S/c1-17(2)20-6-5-18(3)23(16-20)34(31,32)29-22-9-7-21(8-10-22)27-25-26-19(4)15-24(28-25)30-11-13-33-14-12-30/h5-10,15-17,29H,11-14H2,1-4H3,(H,26,27,28). The molecule has 2 N–H and O–H groups in total. The van der Waals surface area contributed by atoms with Crippen LogP contribution in [-0.2, 0) is 14.8 Å². The summed E-state index contributed by atoms with van der Waals surface area (Å²) in [6.45, 7) is 10.8. The summed E-state index contributed by atoms with van der Waals surface area (Å²) in [6, 6.07) is 14.6. The molecule has 4 rings (SSSR count). The van der Waals surface area contributed by atoms with E-state index in [1.54, 1.807) is 37.3 Å². The Hall–Kier alpha value is -3.17. The number of aromatic nitrogens is 2. The Morgan fingerprint density at radius 2 is 1.62 bits per heavy atom. The van der Waals surface area contributed by atoms with Gasteiger partial charge in [0.1, 0.15) is 5.82 Å². The molecule has 0 bridgehead atoms. The molecule has 180 valence electrons.